The van der Waals surface area contributed by atoms with Crippen molar-refractivity contribution in [1.82, 2.24) is 4.98 Å². The summed E-state index contributed by atoms with van der Waals surface area (Å²) < 4.78 is 4.95. The van der Waals surface area contributed by atoms with Crippen molar-refractivity contribution in [1.29, 1.82) is 0 Å². The molecule has 1 heterocycles. The Balaban J connectivity index is 1.68. The maximum Gasteiger partial charge on any atom is 0.306 e. The van der Waals surface area contributed by atoms with E-state index >= 15 is 0 Å². The third-order valence-electron chi connectivity index (χ3n) is 4.16. The SMILES string of the molecule is CCOC(=O)CCc1cccc(NC(=O)c2cccc(-c3ccccc3)n2)c1. The highest BCUT2D eigenvalue weighted by Gasteiger charge is 2.10. The van der Waals surface area contributed by atoms with Gasteiger partial charge in [-0.05, 0) is 43.2 Å². The molecule has 5 nitrogen and oxygen atoms in total. The molecule has 0 unspecified atom stereocenters. The topological polar surface area (TPSA) is 68.3 Å². The molecule has 142 valence electrons. The highest BCUT2D eigenvalue weighted by molar-refractivity contribution is 6.03. The van der Waals surface area contributed by atoms with Crippen molar-refractivity contribution in [2.45, 2.75) is 19.8 Å². The van der Waals surface area contributed by atoms with Gasteiger partial charge in [-0.3, -0.25) is 9.59 Å². The number of anilines is 1. The maximum absolute atomic E-state index is 12.6. The average Bonchev–Trinajstić information content (AvgIpc) is 2.73. The molecular weight excluding hydrogens is 352 g/mol. The number of esters is 1. The van der Waals surface area contributed by atoms with Crippen LogP contribution in [0.1, 0.15) is 29.4 Å². The van der Waals surface area contributed by atoms with E-state index < -0.39 is 0 Å². The zero-order valence-electron chi connectivity index (χ0n) is 15.7. The molecule has 0 radical (unpaired) electrons. The van der Waals surface area contributed by atoms with E-state index in [0.717, 1.165) is 16.8 Å². The lowest BCUT2D eigenvalue weighted by Gasteiger charge is -2.08. The van der Waals surface area contributed by atoms with Crippen molar-refractivity contribution in [3.05, 3.63) is 84.1 Å². The molecule has 0 bridgehead atoms. The van der Waals surface area contributed by atoms with Crippen LogP contribution in [0, 0.1) is 0 Å². The largest absolute Gasteiger partial charge is 0.466 e. The summed E-state index contributed by atoms with van der Waals surface area (Å²) in [5.74, 6) is -0.501. The first-order valence-corrected chi connectivity index (χ1v) is 9.24. The average molecular weight is 374 g/mol. The first-order chi connectivity index (χ1) is 13.7. The zero-order valence-corrected chi connectivity index (χ0v) is 15.7. The van der Waals surface area contributed by atoms with Gasteiger partial charge in [0, 0.05) is 17.7 Å². The molecule has 1 N–H and O–H groups in total. The molecule has 1 amide bonds. The molecule has 0 saturated carbocycles. The number of aryl methyl sites for hydroxylation is 1. The number of carbonyl (C=O) groups is 2. The van der Waals surface area contributed by atoms with Gasteiger partial charge in [0.15, 0.2) is 0 Å². The van der Waals surface area contributed by atoms with E-state index in [1.54, 1.807) is 13.0 Å². The zero-order chi connectivity index (χ0) is 19.8. The van der Waals surface area contributed by atoms with Gasteiger partial charge in [0.1, 0.15) is 5.69 Å². The molecule has 0 atom stereocenters. The number of nitrogens with one attached hydrogen (secondary N) is 1. The van der Waals surface area contributed by atoms with Gasteiger partial charge < -0.3 is 10.1 Å². The van der Waals surface area contributed by atoms with E-state index in [4.69, 9.17) is 4.74 Å². The predicted molar refractivity (Wildman–Crippen MR) is 109 cm³/mol. The van der Waals surface area contributed by atoms with Crippen LogP contribution >= 0.6 is 0 Å². The van der Waals surface area contributed by atoms with Gasteiger partial charge in [-0.2, -0.15) is 0 Å². The predicted octanol–water partition coefficient (Wildman–Crippen LogP) is 4.50. The van der Waals surface area contributed by atoms with E-state index in [0.29, 0.717) is 30.8 Å². The van der Waals surface area contributed by atoms with Crippen molar-refractivity contribution in [3.63, 3.8) is 0 Å². The normalized spacial score (nSPS) is 10.3. The summed E-state index contributed by atoms with van der Waals surface area (Å²) >= 11 is 0. The standard InChI is InChI=1S/C23H22N2O3/c1-2-28-22(26)15-14-17-8-6-11-19(16-17)24-23(27)21-13-7-12-20(25-21)18-9-4-3-5-10-18/h3-13,16H,2,14-15H2,1H3,(H,24,27). The highest BCUT2D eigenvalue weighted by Crippen LogP contribution is 2.18. The van der Waals surface area contributed by atoms with Gasteiger partial charge in [0.25, 0.3) is 5.91 Å². The monoisotopic (exact) mass is 374 g/mol. The second-order valence-corrected chi connectivity index (χ2v) is 6.23. The molecule has 0 aliphatic rings. The summed E-state index contributed by atoms with van der Waals surface area (Å²) in [4.78, 5) is 28.6. The van der Waals surface area contributed by atoms with Gasteiger partial charge in [0.05, 0.1) is 12.3 Å². The molecule has 0 aliphatic heterocycles. The molecule has 2 aromatic carbocycles. The number of nitrogens with zero attached hydrogens (tertiary/aromatic N) is 1. The van der Waals surface area contributed by atoms with Crippen LogP contribution in [0.2, 0.25) is 0 Å². The van der Waals surface area contributed by atoms with Crippen LogP contribution in [0.5, 0.6) is 0 Å². The molecule has 0 fully saturated rings. The number of amides is 1. The minimum atomic E-state index is -0.277. The van der Waals surface area contributed by atoms with Crippen LogP contribution in [0.4, 0.5) is 5.69 Å². The highest BCUT2D eigenvalue weighted by atomic mass is 16.5. The van der Waals surface area contributed by atoms with E-state index in [2.05, 4.69) is 10.3 Å². The first kappa shape index (κ1) is 19.3. The Labute approximate surface area is 164 Å². The van der Waals surface area contributed by atoms with Gasteiger partial charge in [-0.1, -0.05) is 48.5 Å². The number of aromatic nitrogens is 1. The van der Waals surface area contributed by atoms with Crippen molar-refractivity contribution in [2.24, 2.45) is 0 Å². The second kappa shape index (κ2) is 9.46. The van der Waals surface area contributed by atoms with Crippen LogP contribution < -0.4 is 5.32 Å². The quantitative estimate of drug-likeness (QED) is 0.619. The Kier molecular flexibility index (Phi) is 6.52. The smallest absolute Gasteiger partial charge is 0.306 e. The lowest BCUT2D eigenvalue weighted by atomic mass is 10.1. The van der Waals surface area contributed by atoms with Crippen molar-refractivity contribution < 1.29 is 14.3 Å². The molecule has 5 heteroatoms. The lowest BCUT2D eigenvalue weighted by molar-refractivity contribution is -0.143. The van der Waals surface area contributed by atoms with E-state index in [1.807, 2.05) is 66.7 Å². The van der Waals surface area contributed by atoms with Crippen molar-refractivity contribution >= 4 is 17.6 Å². The molecule has 28 heavy (non-hydrogen) atoms. The Morgan fingerprint density at radius 2 is 1.75 bits per heavy atom. The molecule has 1 aromatic heterocycles. The molecule has 3 rings (SSSR count). The fraction of sp³-hybridized carbons (Fsp3) is 0.174. The molecule has 0 aliphatic carbocycles. The fourth-order valence-corrected chi connectivity index (χ4v) is 2.81. The third-order valence-corrected chi connectivity index (χ3v) is 4.16. The Morgan fingerprint density at radius 1 is 0.964 bits per heavy atom. The van der Waals surface area contributed by atoms with Crippen LogP contribution in [-0.4, -0.2) is 23.5 Å². The third kappa shape index (κ3) is 5.27. The number of hydrogen-bond donors (Lipinski definition) is 1. The van der Waals surface area contributed by atoms with Crippen LogP contribution in [0.3, 0.4) is 0 Å². The number of pyridine rings is 1. The summed E-state index contributed by atoms with van der Waals surface area (Å²) in [6.45, 7) is 2.17. The minimum absolute atomic E-state index is 0.223. The van der Waals surface area contributed by atoms with E-state index in [-0.39, 0.29) is 11.9 Å². The van der Waals surface area contributed by atoms with Crippen LogP contribution in [0.15, 0.2) is 72.8 Å². The lowest BCUT2D eigenvalue weighted by Crippen LogP contribution is -2.14. The van der Waals surface area contributed by atoms with Gasteiger partial charge in [-0.15, -0.1) is 0 Å². The van der Waals surface area contributed by atoms with Crippen molar-refractivity contribution in [3.8, 4) is 11.3 Å². The van der Waals surface area contributed by atoms with Gasteiger partial charge in [0.2, 0.25) is 0 Å². The Bertz CT molecular complexity index is 955. The van der Waals surface area contributed by atoms with E-state index in [1.165, 1.54) is 0 Å². The number of ether oxygens (including phenoxy) is 1. The van der Waals surface area contributed by atoms with Crippen molar-refractivity contribution in [2.75, 3.05) is 11.9 Å². The van der Waals surface area contributed by atoms with Gasteiger partial charge in [-0.25, -0.2) is 4.98 Å². The minimum Gasteiger partial charge on any atom is -0.466 e. The summed E-state index contributed by atoms with van der Waals surface area (Å²) in [5, 5.41) is 2.87. The Hall–Kier alpha value is -3.47. The molecule has 0 spiro atoms. The molecular formula is C23H22N2O3. The first-order valence-electron chi connectivity index (χ1n) is 9.24. The molecule has 3 aromatic rings. The Morgan fingerprint density at radius 3 is 2.54 bits per heavy atom. The van der Waals surface area contributed by atoms with E-state index in [9.17, 15) is 9.59 Å². The number of carbonyl (C=O) groups excluding carboxylic acids is 2. The number of benzene rings is 2. The molecule has 0 saturated heterocycles. The van der Waals surface area contributed by atoms with Crippen LogP contribution in [0.25, 0.3) is 11.3 Å². The second-order valence-electron chi connectivity index (χ2n) is 6.23. The maximum atomic E-state index is 12.6. The summed E-state index contributed by atoms with van der Waals surface area (Å²) in [5.41, 5.74) is 3.67. The summed E-state index contributed by atoms with van der Waals surface area (Å²) in [6.07, 6.45) is 0.871. The summed E-state index contributed by atoms with van der Waals surface area (Å²) in [6, 6.07) is 22.5. The number of hydrogen-bond acceptors (Lipinski definition) is 4. The fourth-order valence-electron chi connectivity index (χ4n) is 2.81. The van der Waals surface area contributed by atoms with Crippen LogP contribution in [-0.2, 0) is 16.0 Å². The van der Waals surface area contributed by atoms with Gasteiger partial charge >= 0.3 is 5.97 Å². The summed E-state index contributed by atoms with van der Waals surface area (Å²) in [7, 11) is 0. The number of rotatable bonds is 7.